The molecule has 1 aliphatic rings. The summed E-state index contributed by atoms with van der Waals surface area (Å²) in [6.07, 6.45) is 6.95. The van der Waals surface area contributed by atoms with Crippen LogP contribution in [-0.2, 0) is 0 Å². The van der Waals surface area contributed by atoms with E-state index in [2.05, 4.69) is 21.5 Å². The quantitative estimate of drug-likeness (QED) is 0.940. The van der Waals surface area contributed by atoms with Crippen molar-refractivity contribution in [2.24, 2.45) is 5.92 Å². The van der Waals surface area contributed by atoms with Gasteiger partial charge in [0.2, 0.25) is 5.82 Å². The molecule has 23 heavy (non-hydrogen) atoms. The van der Waals surface area contributed by atoms with Crippen molar-refractivity contribution in [3.63, 3.8) is 0 Å². The lowest BCUT2D eigenvalue weighted by Crippen LogP contribution is -2.40. The first-order valence-electron chi connectivity index (χ1n) is 7.95. The Balaban J connectivity index is 1.68. The zero-order chi connectivity index (χ0) is 16.1. The number of amides is 1. The number of aromatic nitrogens is 3. The first-order valence-corrected chi connectivity index (χ1v) is 7.95. The van der Waals surface area contributed by atoms with E-state index in [1.807, 2.05) is 30.3 Å². The first kappa shape index (κ1) is 15.2. The summed E-state index contributed by atoms with van der Waals surface area (Å²) in [5, 5.41) is 16.3. The van der Waals surface area contributed by atoms with Crippen LogP contribution in [0.25, 0.3) is 5.69 Å². The van der Waals surface area contributed by atoms with Gasteiger partial charge in [-0.05, 0) is 30.9 Å². The summed E-state index contributed by atoms with van der Waals surface area (Å²) < 4.78 is 1.55. The van der Waals surface area contributed by atoms with Gasteiger partial charge < -0.3 is 5.32 Å². The maximum absolute atomic E-state index is 12.3. The van der Waals surface area contributed by atoms with Crippen molar-refractivity contribution in [1.29, 1.82) is 5.26 Å². The normalized spacial score (nSPS) is 16.5. The molecule has 1 heterocycles. The molecular weight excluding hydrogens is 290 g/mol. The van der Waals surface area contributed by atoms with Crippen LogP contribution >= 0.6 is 0 Å². The highest BCUT2D eigenvalue weighted by atomic mass is 16.2. The molecule has 2 aromatic rings. The molecule has 6 heteroatoms. The summed E-state index contributed by atoms with van der Waals surface area (Å²) in [4.78, 5) is 16.4. The fourth-order valence-corrected chi connectivity index (χ4v) is 3.00. The monoisotopic (exact) mass is 309 g/mol. The van der Waals surface area contributed by atoms with Crippen molar-refractivity contribution < 1.29 is 4.79 Å². The van der Waals surface area contributed by atoms with Crippen LogP contribution in [0, 0.1) is 17.2 Å². The van der Waals surface area contributed by atoms with E-state index in [9.17, 15) is 10.1 Å². The average molecular weight is 309 g/mol. The molecule has 3 rings (SSSR count). The van der Waals surface area contributed by atoms with Gasteiger partial charge >= 0.3 is 0 Å². The summed E-state index contributed by atoms with van der Waals surface area (Å²) in [5.41, 5.74) is 0.836. The number of carbonyl (C=O) groups is 1. The number of para-hydroxylation sites is 1. The molecule has 1 atom stereocenters. The molecule has 1 aromatic heterocycles. The number of hydrogen-bond acceptors (Lipinski definition) is 4. The van der Waals surface area contributed by atoms with Gasteiger partial charge in [0.05, 0.1) is 11.8 Å². The van der Waals surface area contributed by atoms with Crippen molar-refractivity contribution in [1.82, 2.24) is 20.1 Å². The minimum absolute atomic E-state index is 0.0879. The van der Waals surface area contributed by atoms with E-state index in [4.69, 9.17) is 0 Å². The number of hydrogen-bond donors (Lipinski definition) is 1. The van der Waals surface area contributed by atoms with Crippen LogP contribution in [0.4, 0.5) is 0 Å². The Morgan fingerprint density at radius 3 is 2.70 bits per heavy atom. The van der Waals surface area contributed by atoms with E-state index in [0.717, 1.165) is 31.4 Å². The summed E-state index contributed by atoms with van der Waals surface area (Å²) in [7, 11) is 0. The summed E-state index contributed by atoms with van der Waals surface area (Å²) >= 11 is 0. The van der Waals surface area contributed by atoms with E-state index >= 15 is 0 Å². The highest BCUT2D eigenvalue weighted by Gasteiger charge is 2.26. The Morgan fingerprint density at radius 1 is 1.26 bits per heavy atom. The number of nitriles is 1. The fourth-order valence-electron chi connectivity index (χ4n) is 3.00. The maximum Gasteiger partial charge on any atom is 0.292 e. The van der Waals surface area contributed by atoms with Crippen LogP contribution in [0.15, 0.2) is 36.7 Å². The lowest BCUT2D eigenvalue weighted by Gasteiger charge is -2.25. The lowest BCUT2D eigenvalue weighted by atomic mass is 9.84. The highest BCUT2D eigenvalue weighted by molar-refractivity contribution is 5.90. The molecule has 0 aliphatic heterocycles. The van der Waals surface area contributed by atoms with Crippen molar-refractivity contribution in [3.8, 4) is 11.8 Å². The van der Waals surface area contributed by atoms with Gasteiger partial charge in [-0.15, -0.1) is 5.10 Å². The lowest BCUT2D eigenvalue weighted by molar-refractivity contribution is 0.0918. The standard InChI is InChI=1S/C17H19N5O/c18-11-15(13-7-3-1-4-8-13)20-17(23)16-19-12-22(21-16)14-9-5-2-6-10-14/h2,5-6,9-10,12-13,15H,1,3-4,7-8H2,(H,20,23). The first-order chi connectivity index (χ1) is 11.3. The zero-order valence-electron chi connectivity index (χ0n) is 12.9. The number of nitrogens with zero attached hydrogens (tertiary/aromatic N) is 4. The second kappa shape index (κ2) is 7.05. The second-order valence-corrected chi connectivity index (χ2v) is 5.83. The molecular formula is C17H19N5O. The summed E-state index contributed by atoms with van der Waals surface area (Å²) in [5.74, 6) is -0.0735. The fraction of sp³-hybridized carbons (Fsp3) is 0.412. The van der Waals surface area contributed by atoms with Crippen LogP contribution in [-0.4, -0.2) is 26.7 Å². The molecule has 1 unspecified atom stereocenters. The van der Waals surface area contributed by atoms with E-state index in [-0.39, 0.29) is 11.7 Å². The number of rotatable bonds is 4. The molecule has 0 bridgehead atoms. The molecule has 0 saturated heterocycles. The largest absolute Gasteiger partial charge is 0.333 e. The Kier molecular flexibility index (Phi) is 4.67. The molecule has 1 N–H and O–H groups in total. The Morgan fingerprint density at radius 2 is 2.00 bits per heavy atom. The number of benzene rings is 1. The second-order valence-electron chi connectivity index (χ2n) is 5.83. The van der Waals surface area contributed by atoms with Crippen LogP contribution in [0.5, 0.6) is 0 Å². The molecule has 118 valence electrons. The molecule has 0 spiro atoms. The highest BCUT2D eigenvalue weighted by Crippen LogP contribution is 2.26. The van der Waals surface area contributed by atoms with Gasteiger partial charge in [0.25, 0.3) is 5.91 Å². The van der Waals surface area contributed by atoms with Gasteiger partial charge in [0, 0.05) is 0 Å². The molecule has 1 fully saturated rings. The van der Waals surface area contributed by atoms with Crippen molar-refractivity contribution in [3.05, 3.63) is 42.5 Å². The molecule has 0 radical (unpaired) electrons. The minimum Gasteiger partial charge on any atom is -0.333 e. The maximum atomic E-state index is 12.3. The van der Waals surface area contributed by atoms with Gasteiger partial charge in [0.15, 0.2) is 0 Å². The van der Waals surface area contributed by atoms with E-state index in [1.54, 1.807) is 4.68 Å². The minimum atomic E-state index is -0.466. The molecule has 1 aromatic carbocycles. The smallest absolute Gasteiger partial charge is 0.292 e. The van der Waals surface area contributed by atoms with Gasteiger partial charge in [0.1, 0.15) is 12.4 Å². The van der Waals surface area contributed by atoms with E-state index < -0.39 is 11.9 Å². The third-order valence-corrected chi connectivity index (χ3v) is 4.26. The third-order valence-electron chi connectivity index (χ3n) is 4.26. The average Bonchev–Trinajstić information content (AvgIpc) is 3.11. The Labute approximate surface area is 135 Å². The van der Waals surface area contributed by atoms with Crippen LogP contribution < -0.4 is 5.32 Å². The third kappa shape index (κ3) is 3.57. The topological polar surface area (TPSA) is 83.6 Å². The van der Waals surface area contributed by atoms with E-state index in [0.29, 0.717) is 0 Å². The Hall–Kier alpha value is -2.68. The van der Waals surface area contributed by atoms with Crippen molar-refractivity contribution in [2.75, 3.05) is 0 Å². The Bertz CT molecular complexity index is 697. The predicted molar refractivity (Wildman–Crippen MR) is 84.8 cm³/mol. The molecule has 1 amide bonds. The van der Waals surface area contributed by atoms with Crippen molar-refractivity contribution in [2.45, 2.75) is 38.1 Å². The van der Waals surface area contributed by atoms with Gasteiger partial charge in [-0.2, -0.15) is 5.26 Å². The zero-order valence-corrected chi connectivity index (χ0v) is 12.9. The number of nitrogens with one attached hydrogen (secondary N) is 1. The SMILES string of the molecule is N#CC(NC(=O)c1ncn(-c2ccccc2)n1)C1CCCCC1. The van der Waals surface area contributed by atoms with Crippen LogP contribution in [0.2, 0.25) is 0 Å². The van der Waals surface area contributed by atoms with Crippen molar-refractivity contribution >= 4 is 5.91 Å². The summed E-state index contributed by atoms with van der Waals surface area (Å²) in [6.45, 7) is 0. The van der Waals surface area contributed by atoms with Crippen LogP contribution in [0.1, 0.15) is 42.7 Å². The summed E-state index contributed by atoms with van der Waals surface area (Å²) in [6, 6.07) is 11.2. The van der Waals surface area contributed by atoms with Gasteiger partial charge in [-0.3, -0.25) is 4.79 Å². The van der Waals surface area contributed by atoms with Gasteiger partial charge in [-0.25, -0.2) is 9.67 Å². The van der Waals surface area contributed by atoms with E-state index in [1.165, 1.54) is 12.7 Å². The molecule has 1 aliphatic carbocycles. The number of carbonyl (C=O) groups excluding carboxylic acids is 1. The predicted octanol–water partition coefficient (Wildman–Crippen LogP) is 2.47. The molecule has 6 nitrogen and oxygen atoms in total. The molecule has 1 saturated carbocycles. The van der Waals surface area contributed by atoms with Gasteiger partial charge in [-0.1, -0.05) is 37.5 Å². The van der Waals surface area contributed by atoms with Crippen LogP contribution in [0.3, 0.4) is 0 Å².